The van der Waals surface area contributed by atoms with Gasteiger partial charge >= 0.3 is 0 Å². The Morgan fingerprint density at radius 1 is 1.30 bits per heavy atom. The number of rotatable bonds is 3. The number of aryl methyl sites for hydroxylation is 1. The summed E-state index contributed by atoms with van der Waals surface area (Å²) in [5.41, 5.74) is 1.71. The molecule has 1 amide bonds. The third-order valence-electron chi connectivity index (χ3n) is 2.79. The van der Waals surface area contributed by atoms with E-state index >= 15 is 0 Å². The molecule has 0 aliphatic heterocycles. The van der Waals surface area contributed by atoms with Gasteiger partial charge in [-0.15, -0.1) is 4.91 Å². The van der Waals surface area contributed by atoms with Gasteiger partial charge < -0.3 is 0 Å². The van der Waals surface area contributed by atoms with Crippen molar-refractivity contribution in [3.8, 4) is 0 Å². The number of hydrogen-bond acceptors (Lipinski definition) is 4. The van der Waals surface area contributed by atoms with Gasteiger partial charge in [-0.1, -0.05) is 17.7 Å². The monoisotopic (exact) mass is 289 g/mol. The van der Waals surface area contributed by atoms with E-state index in [1.54, 1.807) is 12.1 Å². The van der Waals surface area contributed by atoms with E-state index in [1.165, 1.54) is 30.2 Å². The number of carbonyl (C=O) groups excluding carboxylic acids is 1. The molecule has 0 unspecified atom stereocenters. The molecule has 0 fully saturated rings. The van der Waals surface area contributed by atoms with Crippen molar-refractivity contribution in [2.45, 2.75) is 13.8 Å². The number of hydrogen-bond donors (Lipinski definition) is 0. The fraction of sp³-hybridized carbons (Fsp3) is 0.143. The number of halogens is 1. The van der Waals surface area contributed by atoms with Gasteiger partial charge in [0, 0.05) is 24.2 Å². The van der Waals surface area contributed by atoms with Gasteiger partial charge in [0.05, 0.1) is 5.69 Å². The number of nitroso groups, excluding NO2 is 1. The zero-order valence-corrected chi connectivity index (χ0v) is 11.8. The quantitative estimate of drug-likeness (QED) is 0.798. The fourth-order valence-corrected chi connectivity index (χ4v) is 1.96. The molecule has 1 heterocycles. The maximum atomic E-state index is 11.9. The summed E-state index contributed by atoms with van der Waals surface area (Å²) in [6, 6.07) is 8.18. The first-order valence-electron chi connectivity index (χ1n) is 5.89. The van der Waals surface area contributed by atoms with E-state index in [9.17, 15) is 9.70 Å². The summed E-state index contributed by atoms with van der Waals surface area (Å²) >= 11 is 6.08. The van der Waals surface area contributed by atoms with Crippen molar-refractivity contribution in [1.82, 2.24) is 4.98 Å². The molecule has 2 rings (SSSR count). The van der Waals surface area contributed by atoms with Gasteiger partial charge in [0.1, 0.15) is 11.5 Å². The largest absolute Gasteiger partial charge is 0.274 e. The summed E-state index contributed by atoms with van der Waals surface area (Å²) in [5.74, 6) is 0.0926. The number of benzene rings is 1. The summed E-state index contributed by atoms with van der Waals surface area (Å²) in [6.07, 6.45) is 1.43. The average Bonchev–Trinajstić information content (AvgIpc) is 2.43. The molecule has 0 bridgehead atoms. The zero-order valence-electron chi connectivity index (χ0n) is 11.0. The Morgan fingerprint density at radius 2 is 2.05 bits per heavy atom. The molecule has 0 saturated carbocycles. The molecule has 0 N–H and O–H groups in total. The van der Waals surface area contributed by atoms with Crippen LogP contribution in [0.4, 0.5) is 17.2 Å². The molecular weight excluding hydrogens is 278 g/mol. The minimum Gasteiger partial charge on any atom is -0.274 e. The number of aromatic nitrogens is 1. The van der Waals surface area contributed by atoms with Crippen molar-refractivity contribution in [3.05, 3.63) is 52.0 Å². The van der Waals surface area contributed by atoms with Gasteiger partial charge in [-0.2, -0.15) is 0 Å². The lowest BCUT2D eigenvalue weighted by atomic mass is 10.2. The third kappa shape index (κ3) is 2.83. The van der Waals surface area contributed by atoms with Crippen molar-refractivity contribution < 1.29 is 4.79 Å². The van der Waals surface area contributed by atoms with E-state index in [1.807, 2.05) is 13.0 Å². The minimum absolute atomic E-state index is 0.208. The van der Waals surface area contributed by atoms with Gasteiger partial charge in [-0.3, -0.25) is 9.69 Å². The Balaban J connectivity index is 2.52. The molecular formula is C14H12ClN3O2. The number of anilines is 2. The van der Waals surface area contributed by atoms with Gasteiger partial charge in [-0.05, 0) is 35.9 Å². The van der Waals surface area contributed by atoms with Crippen LogP contribution in [0.25, 0.3) is 0 Å². The predicted molar refractivity (Wildman–Crippen MR) is 78.7 cm³/mol. The van der Waals surface area contributed by atoms with Gasteiger partial charge in [0.15, 0.2) is 0 Å². The van der Waals surface area contributed by atoms with Gasteiger partial charge in [-0.25, -0.2) is 4.98 Å². The van der Waals surface area contributed by atoms with Crippen LogP contribution in [-0.2, 0) is 4.79 Å². The van der Waals surface area contributed by atoms with E-state index in [0.717, 1.165) is 5.56 Å². The van der Waals surface area contributed by atoms with E-state index in [4.69, 9.17) is 11.6 Å². The lowest BCUT2D eigenvalue weighted by Crippen LogP contribution is -2.23. The highest BCUT2D eigenvalue weighted by atomic mass is 35.5. The number of pyridine rings is 1. The highest BCUT2D eigenvalue weighted by molar-refractivity contribution is 6.31. The molecule has 0 saturated heterocycles. The molecule has 0 atom stereocenters. The summed E-state index contributed by atoms with van der Waals surface area (Å²) < 4.78 is 0. The standard InChI is InChI=1S/C14H12ClN3O2/c1-9-3-4-12(8-13(9)15)18(10(2)19)14-7-11(17-20)5-6-16-14/h3-8H,1-2H3. The second-order valence-electron chi connectivity index (χ2n) is 4.25. The number of nitrogens with zero attached hydrogens (tertiary/aromatic N) is 3. The van der Waals surface area contributed by atoms with Crippen LogP contribution in [0.15, 0.2) is 41.7 Å². The number of carbonyl (C=O) groups is 1. The molecule has 0 aliphatic rings. The van der Waals surface area contributed by atoms with Crippen LogP contribution < -0.4 is 4.90 Å². The predicted octanol–water partition coefficient (Wildman–Crippen LogP) is 4.13. The molecule has 0 spiro atoms. The molecule has 2 aromatic rings. The molecule has 6 heteroatoms. The average molecular weight is 290 g/mol. The second kappa shape index (κ2) is 5.79. The molecule has 1 aromatic heterocycles. The Hall–Kier alpha value is -2.27. The molecule has 1 aromatic carbocycles. The van der Waals surface area contributed by atoms with Crippen molar-refractivity contribution in [2.24, 2.45) is 5.18 Å². The lowest BCUT2D eigenvalue weighted by molar-refractivity contribution is -0.115. The Labute approximate surface area is 121 Å². The van der Waals surface area contributed by atoms with Crippen molar-refractivity contribution in [3.63, 3.8) is 0 Å². The first kappa shape index (κ1) is 14.1. The summed E-state index contributed by atoms with van der Waals surface area (Å²) in [7, 11) is 0. The number of amides is 1. The SMILES string of the molecule is CC(=O)N(c1ccc(C)c(Cl)c1)c1cc(N=O)ccn1. The van der Waals surface area contributed by atoms with Crippen LogP contribution in [0.5, 0.6) is 0 Å². The highest BCUT2D eigenvalue weighted by Gasteiger charge is 2.16. The second-order valence-corrected chi connectivity index (χ2v) is 4.66. The lowest BCUT2D eigenvalue weighted by Gasteiger charge is -2.20. The molecule has 102 valence electrons. The minimum atomic E-state index is -0.236. The summed E-state index contributed by atoms with van der Waals surface area (Å²) in [4.78, 5) is 27.9. The first-order valence-corrected chi connectivity index (χ1v) is 6.27. The first-order chi connectivity index (χ1) is 9.52. The smallest absolute Gasteiger partial charge is 0.229 e. The topological polar surface area (TPSA) is 62.6 Å². The van der Waals surface area contributed by atoms with Crippen LogP contribution >= 0.6 is 11.6 Å². The van der Waals surface area contributed by atoms with Crippen molar-refractivity contribution in [2.75, 3.05) is 4.90 Å². The normalized spacial score (nSPS) is 10.2. The Bertz CT molecular complexity index is 673. The van der Waals surface area contributed by atoms with E-state index in [0.29, 0.717) is 16.5 Å². The maximum Gasteiger partial charge on any atom is 0.229 e. The summed E-state index contributed by atoms with van der Waals surface area (Å²) in [5, 5.41) is 3.40. The maximum absolute atomic E-state index is 11.9. The van der Waals surface area contributed by atoms with Crippen LogP contribution in [0.3, 0.4) is 0 Å². The fourth-order valence-electron chi connectivity index (χ4n) is 1.78. The zero-order chi connectivity index (χ0) is 14.7. The van der Waals surface area contributed by atoms with E-state index in [2.05, 4.69) is 10.2 Å². The Kier molecular flexibility index (Phi) is 4.10. The molecule has 20 heavy (non-hydrogen) atoms. The van der Waals surface area contributed by atoms with Gasteiger partial charge in [0.2, 0.25) is 5.91 Å². The van der Waals surface area contributed by atoms with Gasteiger partial charge in [0.25, 0.3) is 0 Å². The molecule has 0 aliphatic carbocycles. The highest BCUT2D eigenvalue weighted by Crippen LogP contribution is 2.29. The van der Waals surface area contributed by atoms with Crippen LogP contribution in [0.1, 0.15) is 12.5 Å². The van der Waals surface area contributed by atoms with Crippen LogP contribution in [0, 0.1) is 11.8 Å². The van der Waals surface area contributed by atoms with Crippen LogP contribution in [0.2, 0.25) is 5.02 Å². The van der Waals surface area contributed by atoms with E-state index < -0.39 is 0 Å². The Morgan fingerprint density at radius 3 is 2.65 bits per heavy atom. The van der Waals surface area contributed by atoms with E-state index in [-0.39, 0.29) is 11.6 Å². The molecule has 0 radical (unpaired) electrons. The van der Waals surface area contributed by atoms with Crippen LogP contribution in [-0.4, -0.2) is 10.9 Å². The molecule has 5 nitrogen and oxygen atoms in total. The third-order valence-corrected chi connectivity index (χ3v) is 3.20. The van der Waals surface area contributed by atoms with Crippen molar-refractivity contribution >= 4 is 34.7 Å². The van der Waals surface area contributed by atoms with Crippen molar-refractivity contribution in [1.29, 1.82) is 0 Å². The summed E-state index contributed by atoms with van der Waals surface area (Å²) in [6.45, 7) is 3.29.